The molecule has 2 aromatic carbocycles. The van der Waals surface area contributed by atoms with Crippen molar-refractivity contribution in [3.05, 3.63) is 47.7 Å². The molecule has 2 aromatic rings. The number of hydrogen-bond donors (Lipinski definition) is 4. The van der Waals surface area contributed by atoms with Gasteiger partial charge in [0.15, 0.2) is 0 Å². The molecule has 140 valence electrons. The lowest BCUT2D eigenvalue weighted by molar-refractivity contribution is -0.119. The molecule has 0 aliphatic carbocycles. The van der Waals surface area contributed by atoms with E-state index < -0.39 is 0 Å². The van der Waals surface area contributed by atoms with Crippen molar-refractivity contribution >= 4 is 23.1 Å². The molecule has 7 heteroatoms. The number of fused-ring (bicyclic) bond motifs is 1. The molecule has 3 rings (SSSR count). The third kappa shape index (κ3) is 3.87. The predicted octanol–water partition coefficient (Wildman–Crippen LogP) is 2.22. The first-order valence-corrected chi connectivity index (χ1v) is 8.49. The summed E-state index contributed by atoms with van der Waals surface area (Å²) in [6.45, 7) is 3.91. The summed E-state index contributed by atoms with van der Waals surface area (Å²) in [6.07, 6.45) is 0. The van der Waals surface area contributed by atoms with Gasteiger partial charge < -0.3 is 26.2 Å². The first-order valence-electron chi connectivity index (χ1n) is 8.49. The minimum absolute atomic E-state index is 0.0595. The predicted molar refractivity (Wildman–Crippen MR) is 103 cm³/mol. The van der Waals surface area contributed by atoms with Crippen LogP contribution in [0, 0.1) is 0 Å². The second kappa shape index (κ2) is 7.41. The maximum atomic E-state index is 12.1. The van der Waals surface area contributed by atoms with E-state index in [1.54, 1.807) is 25.1 Å². The zero-order valence-electron chi connectivity index (χ0n) is 15.1. The maximum Gasteiger partial charge on any atom is 0.258 e. The minimum Gasteiger partial charge on any atom is -0.507 e. The number of carbonyl (C=O) groups excluding carboxylic acids is 2. The molecular formula is C20H21N3O4. The van der Waals surface area contributed by atoms with Crippen molar-refractivity contribution < 1.29 is 19.4 Å². The summed E-state index contributed by atoms with van der Waals surface area (Å²) in [5.74, 6) is 0.337. The van der Waals surface area contributed by atoms with Crippen molar-refractivity contribution in [1.82, 2.24) is 5.32 Å². The normalized spacial score (nSPS) is 14.4. The molecule has 2 amide bonds. The van der Waals surface area contributed by atoms with Gasteiger partial charge in [-0.15, -0.1) is 0 Å². The Morgan fingerprint density at radius 1 is 1.19 bits per heavy atom. The monoisotopic (exact) mass is 367 g/mol. The van der Waals surface area contributed by atoms with Crippen molar-refractivity contribution in [3.8, 4) is 22.6 Å². The fourth-order valence-electron chi connectivity index (χ4n) is 2.96. The molecule has 5 N–H and O–H groups in total. The van der Waals surface area contributed by atoms with Gasteiger partial charge >= 0.3 is 0 Å². The van der Waals surface area contributed by atoms with Crippen LogP contribution >= 0.6 is 0 Å². The average molecular weight is 367 g/mol. The summed E-state index contributed by atoms with van der Waals surface area (Å²) in [5, 5.41) is 15.7. The standard InChI is InChI=1S/C20H21N3O4/c1-11(21)19-16-9-15(18(25)10-17(16)23-20(19)26)13-3-5-14(6-4-13)27-8-7-22-12(2)24/h3-6,9-10,25H,7-8,21H2,1-2H3,(H,22,24)(H,23,26)/b19-11-. The van der Waals surface area contributed by atoms with Crippen molar-refractivity contribution in [2.45, 2.75) is 13.8 Å². The van der Waals surface area contributed by atoms with Gasteiger partial charge in [0.2, 0.25) is 5.91 Å². The van der Waals surface area contributed by atoms with E-state index in [0.717, 1.165) is 5.56 Å². The molecule has 7 nitrogen and oxygen atoms in total. The first kappa shape index (κ1) is 18.3. The van der Waals surface area contributed by atoms with E-state index >= 15 is 0 Å². The fraction of sp³-hybridized carbons (Fsp3) is 0.200. The summed E-state index contributed by atoms with van der Waals surface area (Å²) in [4.78, 5) is 22.9. The maximum absolute atomic E-state index is 12.1. The van der Waals surface area contributed by atoms with Gasteiger partial charge in [-0.25, -0.2) is 0 Å². The van der Waals surface area contributed by atoms with E-state index in [2.05, 4.69) is 10.6 Å². The molecule has 0 atom stereocenters. The smallest absolute Gasteiger partial charge is 0.258 e. The van der Waals surface area contributed by atoms with E-state index in [-0.39, 0.29) is 17.6 Å². The highest BCUT2D eigenvalue weighted by Crippen LogP contribution is 2.41. The number of ether oxygens (including phenoxy) is 1. The highest BCUT2D eigenvalue weighted by atomic mass is 16.5. The number of benzene rings is 2. The van der Waals surface area contributed by atoms with Crippen LogP contribution < -0.4 is 21.1 Å². The number of aromatic hydroxyl groups is 1. The zero-order valence-corrected chi connectivity index (χ0v) is 15.1. The lowest BCUT2D eigenvalue weighted by Gasteiger charge is -2.10. The van der Waals surface area contributed by atoms with Crippen LogP contribution in [0.15, 0.2) is 42.1 Å². The van der Waals surface area contributed by atoms with Crippen molar-refractivity contribution in [2.24, 2.45) is 5.73 Å². The second-order valence-electron chi connectivity index (χ2n) is 6.28. The Morgan fingerprint density at radius 2 is 1.89 bits per heavy atom. The summed E-state index contributed by atoms with van der Waals surface area (Å²) in [6, 6.07) is 10.5. The summed E-state index contributed by atoms with van der Waals surface area (Å²) >= 11 is 0. The number of carbonyl (C=O) groups is 2. The molecule has 0 unspecified atom stereocenters. The molecule has 0 saturated heterocycles. The fourth-order valence-corrected chi connectivity index (χ4v) is 2.96. The second-order valence-corrected chi connectivity index (χ2v) is 6.28. The Bertz CT molecular complexity index is 929. The first-order chi connectivity index (χ1) is 12.9. The van der Waals surface area contributed by atoms with Gasteiger partial charge in [-0.05, 0) is 30.7 Å². The molecule has 27 heavy (non-hydrogen) atoms. The Labute approximate surface area is 156 Å². The Hall–Kier alpha value is -3.48. The van der Waals surface area contributed by atoms with E-state index in [1.165, 1.54) is 13.0 Å². The SMILES string of the molecule is CC(=O)NCCOc1ccc(-c2cc3c(cc2O)NC(=O)/C3=C(/C)N)cc1. The number of allylic oxidation sites excluding steroid dienone is 1. The van der Waals surface area contributed by atoms with Crippen LogP contribution in [0.2, 0.25) is 0 Å². The molecule has 1 aliphatic heterocycles. The largest absolute Gasteiger partial charge is 0.507 e. The number of rotatable bonds is 5. The molecule has 1 aliphatic rings. The highest BCUT2D eigenvalue weighted by Gasteiger charge is 2.27. The number of nitrogens with two attached hydrogens (primary N) is 1. The van der Waals surface area contributed by atoms with Crippen LogP contribution in [-0.2, 0) is 9.59 Å². The van der Waals surface area contributed by atoms with Crippen LogP contribution in [0.25, 0.3) is 16.7 Å². The number of phenols is 1. The van der Waals surface area contributed by atoms with Gasteiger partial charge in [-0.3, -0.25) is 9.59 Å². The molecular weight excluding hydrogens is 346 g/mol. The third-order valence-corrected chi connectivity index (χ3v) is 4.18. The Kier molecular flexibility index (Phi) is 5.03. The molecule has 0 fully saturated rings. The van der Waals surface area contributed by atoms with E-state index in [1.807, 2.05) is 12.1 Å². The van der Waals surface area contributed by atoms with Crippen molar-refractivity contribution in [1.29, 1.82) is 0 Å². The summed E-state index contributed by atoms with van der Waals surface area (Å²) in [7, 11) is 0. The highest BCUT2D eigenvalue weighted by molar-refractivity contribution is 6.32. The van der Waals surface area contributed by atoms with Gasteiger partial charge in [-0.2, -0.15) is 0 Å². The van der Waals surface area contributed by atoms with Crippen LogP contribution in [0.5, 0.6) is 11.5 Å². The Morgan fingerprint density at radius 3 is 2.52 bits per heavy atom. The topological polar surface area (TPSA) is 114 Å². The van der Waals surface area contributed by atoms with Gasteiger partial charge in [0.1, 0.15) is 18.1 Å². The van der Waals surface area contributed by atoms with Crippen LogP contribution in [0.1, 0.15) is 19.4 Å². The zero-order chi connectivity index (χ0) is 19.6. The van der Waals surface area contributed by atoms with E-state index in [0.29, 0.717) is 47.0 Å². The van der Waals surface area contributed by atoms with Crippen LogP contribution in [0.3, 0.4) is 0 Å². The Balaban J connectivity index is 1.82. The molecule has 0 aromatic heterocycles. The molecule has 0 radical (unpaired) electrons. The number of anilines is 1. The van der Waals surface area contributed by atoms with Gasteiger partial charge in [0, 0.05) is 29.8 Å². The van der Waals surface area contributed by atoms with Gasteiger partial charge in [0.05, 0.1) is 17.8 Å². The minimum atomic E-state index is -0.274. The molecule has 0 spiro atoms. The van der Waals surface area contributed by atoms with Crippen LogP contribution in [0.4, 0.5) is 5.69 Å². The average Bonchev–Trinajstić information content (AvgIpc) is 2.93. The molecule has 1 heterocycles. The summed E-state index contributed by atoms with van der Waals surface area (Å²) in [5.41, 5.74) is 9.26. The van der Waals surface area contributed by atoms with E-state index in [9.17, 15) is 14.7 Å². The van der Waals surface area contributed by atoms with Crippen molar-refractivity contribution in [2.75, 3.05) is 18.5 Å². The van der Waals surface area contributed by atoms with E-state index in [4.69, 9.17) is 10.5 Å². The lowest BCUT2D eigenvalue weighted by atomic mass is 9.97. The molecule has 0 saturated carbocycles. The van der Waals surface area contributed by atoms with Gasteiger partial charge in [0.25, 0.3) is 5.91 Å². The number of nitrogens with one attached hydrogen (secondary N) is 2. The summed E-state index contributed by atoms with van der Waals surface area (Å²) < 4.78 is 5.56. The number of amides is 2. The van der Waals surface area contributed by atoms with Gasteiger partial charge in [-0.1, -0.05) is 12.1 Å². The number of phenolic OH excluding ortho intramolecular Hbond substituents is 1. The molecule has 0 bridgehead atoms. The lowest BCUT2D eigenvalue weighted by Crippen LogP contribution is -2.25. The van der Waals surface area contributed by atoms with Crippen LogP contribution in [-0.4, -0.2) is 30.1 Å². The number of hydrogen-bond acceptors (Lipinski definition) is 5. The van der Waals surface area contributed by atoms with Crippen molar-refractivity contribution in [3.63, 3.8) is 0 Å². The third-order valence-electron chi connectivity index (χ3n) is 4.18. The quantitative estimate of drug-likeness (QED) is 0.478.